The number of hydrogen-bond acceptors (Lipinski definition) is 3. The fourth-order valence-electron chi connectivity index (χ4n) is 2.68. The smallest absolute Gasteiger partial charge is 0.243 e. The lowest BCUT2D eigenvalue weighted by molar-refractivity contribution is -0.142. The number of amides is 1. The Morgan fingerprint density at radius 2 is 1.78 bits per heavy atom. The molecule has 0 spiro atoms. The molecule has 1 atom stereocenters. The van der Waals surface area contributed by atoms with Crippen molar-refractivity contribution in [1.82, 2.24) is 14.7 Å². The molecule has 4 nitrogen and oxygen atoms in total. The molecule has 0 aromatic heterocycles. The van der Waals surface area contributed by atoms with Gasteiger partial charge < -0.3 is 9.80 Å². The Hall–Kier alpha value is -0.610. The molecular formula is C14H29N3O. The van der Waals surface area contributed by atoms with E-state index < -0.39 is 0 Å². The van der Waals surface area contributed by atoms with Crippen molar-refractivity contribution < 1.29 is 4.79 Å². The van der Waals surface area contributed by atoms with Gasteiger partial charge in [-0.3, -0.25) is 9.69 Å². The van der Waals surface area contributed by atoms with Gasteiger partial charge in [0.1, 0.15) is 5.54 Å². The molecule has 2 rings (SSSR count). The lowest BCUT2D eigenvalue weighted by Crippen LogP contribution is -2.58. The van der Waals surface area contributed by atoms with E-state index in [2.05, 4.69) is 28.7 Å². The Bertz CT molecular complexity index is 287. The minimum Gasteiger partial charge on any atom is -0.336 e. The van der Waals surface area contributed by atoms with E-state index in [0.29, 0.717) is 11.9 Å². The Kier molecular flexibility index (Phi) is 5.17. The van der Waals surface area contributed by atoms with Crippen LogP contribution in [0.25, 0.3) is 0 Å². The quantitative estimate of drug-likeness (QED) is 0.743. The minimum absolute atomic E-state index is 0.163. The van der Waals surface area contributed by atoms with E-state index in [1.165, 1.54) is 0 Å². The normalized spacial score (nSPS) is 26.6. The molecule has 1 aliphatic heterocycles. The van der Waals surface area contributed by atoms with Crippen molar-refractivity contribution >= 4 is 5.91 Å². The fourth-order valence-corrected chi connectivity index (χ4v) is 2.68. The van der Waals surface area contributed by atoms with Gasteiger partial charge in [-0.15, -0.1) is 0 Å². The molecule has 0 aromatic rings. The van der Waals surface area contributed by atoms with Crippen LogP contribution in [0.4, 0.5) is 0 Å². The Labute approximate surface area is 112 Å². The predicted octanol–water partition coefficient (Wildman–Crippen LogP) is 1.27. The zero-order valence-corrected chi connectivity index (χ0v) is 12.9. The summed E-state index contributed by atoms with van der Waals surface area (Å²) in [4.78, 5) is 19.0. The van der Waals surface area contributed by atoms with Gasteiger partial charge in [-0.1, -0.05) is 13.8 Å². The first-order valence-corrected chi connectivity index (χ1v) is 7.14. The number of carbonyl (C=O) groups is 1. The zero-order valence-electron chi connectivity index (χ0n) is 12.9. The molecule has 0 bridgehead atoms. The molecule has 1 unspecified atom stereocenters. The van der Waals surface area contributed by atoms with Crippen molar-refractivity contribution in [3.8, 4) is 0 Å². The van der Waals surface area contributed by atoms with E-state index in [1.54, 1.807) is 0 Å². The summed E-state index contributed by atoms with van der Waals surface area (Å²) in [6.07, 6.45) is 2.05. The van der Waals surface area contributed by atoms with Crippen LogP contribution in [0.15, 0.2) is 0 Å². The van der Waals surface area contributed by atoms with E-state index in [0.717, 1.165) is 32.5 Å². The van der Waals surface area contributed by atoms with Crippen LogP contribution in [0.2, 0.25) is 0 Å². The lowest BCUT2D eigenvalue weighted by atomic mass is 10.1. The molecule has 1 saturated carbocycles. The van der Waals surface area contributed by atoms with E-state index in [4.69, 9.17) is 0 Å². The number of nitrogens with zero attached hydrogens (tertiary/aromatic N) is 3. The Morgan fingerprint density at radius 1 is 1.22 bits per heavy atom. The van der Waals surface area contributed by atoms with Crippen LogP contribution in [0.1, 0.15) is 33.6 Å². The molecule has 1 saturated heterocycles. The molecule has 18 heavy (non-hydrogen) atoms. The molecule has 0 N–H and O–H groups in total. The second kappa shape index (κ2) is 6.02. The highest BCUT2D eigenvalue weighted by atomic mass is 16.2. The Balaban J connectivity index is 0.000000771. The second-order valence-corrected chi connectivity index (χ2v) is 5.54. The van der Waals surface area contributed by atoms with E-state index >= 15 is 0 Å². The lowest BCUT2D eigenvalue weighted by Gasteiger charge is -2.41. The summed E-state index contributed by atoms with van der Waals surface area (Å²) in [5, 5.41) is 0. The van der Waals surface area contributed by atoms with Crippen LogP contribution < -0.4 is 0 Å². The van der Waals surface area contributed by atoms with Crippen molar-refractivity contribution in [3.63, 3.8) is 0 Å². The summed E-state index contributed by atoms with van der Waals surface area (Å²) >= 11 is 0. The van der Waals surface area contributed by atoms with Gasteiger partial charge in [-0.2, -0.15) is 0 Å². The summed E-state index contributed by atoms with van der Waals surface area (Å²) in [5.41, 5.74) is -0.163. The summed E-state index contributed by atoms with van der Waals surface area (Å²) in [6.45, 7) is 9.03. The van der Waals surface area contributed by atoms with Gasteiger partial charge in [0.25, 0.3) is 0 Å². The molecule has 0 aromatic carbocycles. The summed E-state index contributed by atoms with van der Waals surface area (Å²) in [5.74, 6) is 0.345. The highest BCUT2D eigenvalue weighted by molar-refractivity contribution is 5.89. The van der Waals surface area contributed by atoms with Gasteiger partial charge in [-0.25, -0.2) is 0 Å². The number of piperazine rings is 1. The SMILES string of the molecule is CC.CC1CN(C)CCN1C(=O)C1(N(C)C)CC1. The molecule has 0 radical (unpaired) electrons. The first-order valence-electron chi connectivity index (χ1n) is 7.14. The van der Waals surface area contributed by atoms with Crippen LogP contribution in [-0.4, -0.2) is 73.0 Å². The van der Waals surface area contributed by atoms with Gasteiger partial charge in [0.2, 0.25) is 5.91 Å². The van der Waals surface area contributed by atoms with Crippen LogP contribution in [0, 0.1) is 0 Å². The van der Waals surface area contributed by atoms with Crippen molar-refractivity contribution in [2.24, 2.45) is 0 Å². The van der Waals surface area contributed by atoms with Crippen LogP contribution in [0.3, 0.4) is 0 Å². The third-order valence-corrected chi connectivity index (χ3v) is 4.07. The van der Waals surface area contributed by atoms with Gasteiger partial charge in [0.05, 0.1) is 0 Å². The molecule has 1 aliphatic carbocycles. The first-order chi connectivity index (χ1) is 8.47. The molecule has 2 aliphatic rings. The molecule has 4 heteroatoms. The third-order valence-electron chi connectivity index (χ3n) is 4.07. The highest BCUT2D eigenvalue weighted by Crippen LogP contribution is 2.42. The summed E-state index contributed by atoms with van der Waals surface area (Å²) in [7, 11) is 6.16. The van der Waals surface area contributed by atoms with Crippen LogP contribution >= 0.6 is 0 Å². The molecule has 1 heterocycles. The van der Waals surface area contributed by atoms with E-state index in [9.17, 15) is 4.79 Å². The molecule has 106 valence electrons. The number of rotatable bonds is 2. The monoisotopic (exact) mass is 255 g/mol. The zero-order chi connectivity index (χ0) is 13.9. The average Bonchev–Trinajstić information content (AvgIpc) is 3.12. The number of carbonyl (C=O) groups excluding carboxylic acids is 1. The maximum Gasteiger partial charge on any atom is 0.243 e. The molecule has 2 fully saturated rings. The highest BCUT2D eigenvalue weighted by Gasteiger charge is 2.54. The molecular weight excluding hydrogens is 226 g/mol. The maximum atomic E-state index is 12.5. The summed E-state index contributed by atoms with van der Waals surface area (Å²) < 4.78 is 0. The van der Waals surface area contributed by atoms with Gasteiger partial charge in [0, 0.05) is 25.7 Å². The fraction of sp³-hybridized carbons (Fsp3) is 0.929. The van der Waals surface area contributed by atoms with Crippen LogP contribution in [-0.2, 0) is 4.79 Å². The maximum absolute atomic E-state index is 12.5. The largest absolute Gasteiger partial charge is 0.336 e. The van der Waals surface area contributed by atoms with Crippen molar-refractivity contribution in [2.75, 3.05) is 40.8 Å². The second-order valence-electron chi connectivity index (χ2n) is 5.54. The number of hydrogen-bond donors (Lipinski definition) is 0. The Morgan fingerprint density at radius 3 is 2.17 bits per heavy atom. The van der Waals surface area contributed by atoms with Crippen LogP contribution in [0.5, 0.6) is 0 Å². The van der Waals surface area contributed by atoms with E-state index in [1.807, 2.05) is 27.9 Å². The van der Waals surface area contributed by atoms with Gasteiger partial charge >= 0.3 is 0 Å². The third kappa shape index (κ3) is 2.86. The number of likely N-dealkylation sites (N-methyl/N-ethyl adjacent to an activating group) is 2. The topological polar surface area (TPSA) is 26.8 Å². The first kappa shape index (κ1) is 15.4. The van der Waals surface area contributed by atoms with Gasteiger partial charge in [0.15, 0.2) is 0 Å². The van der Waals surface area contributed by atoms with Crippen molar-refractivity contribution in [2.45, 2.75) is 45.2 Å². The van der Waals surface area contributed by atoms with Crippen molar-refractivity contribution in [1.29, 1.82) is 0 Å². The van der Waals surface area contributed by atoms with Gasteiger partial charge in [-0.05, 0) is 40.9 Å². The standard InChI is InChI=1S/C12H23N3O.C2H6/c1-10-9-14(4)7-8-15(10)11(16)12(5-6-12)13(2)3;1-2/h10H,5-9H2,1-4H3;1-2H3. The molecule has 1 amide bonds. The van der Waals surface area contributed by atoms with E-state index in [-0.39, 0.29) is 5.54 Å². The average molecular weight is 255 g/mol. The van der Waals surface area contributed by atoms with Crippen molar-refractivity contribution in [3.05, 3.63) is 0 Å². The predicted molar refractivity (Wildman–Crippen MR) is 75.7 cm³/mol. The summed E-state index contributed by atoms with van der Waals surface area (Å²) in [6, 6.07) is 0.351. The minimum atomic E-state index is -0.163.